The molecular weight excluding hydrogens is 260 g/mol. The quantitative estimate of drug-likeness (QED) is 0.840. The standard InChI is InChI=1S/C13H16N4OS/c1-8-2-5-10-12(14-8)17(13(19)16-10)7-6-11(18)15-9-3-4-9/h2,5,9H,3-4,6-7H2,1H3,(H,15,18)(H,16,19). The van der Waals surface area contributed by atoms with Crippen molar-refractivity contribution in [2.45, 2.75) is 38.8 Å². The van der Waals surface area contributed by atoms with Crippen molar-refractivity contribution in [1.29, 1.82) is 0 Å². The lowest BCUT2D eigenvalue weighted by Gasteiger charge is -2.05. The molecule has 0 aliphatic heterocycles. The van der Waals surface area contributed by atoms with Gasteiger partial charge < -0.3 is 14.9 Å². The maximum absolute atomic E-state index is 11.7. The highest BCUT2D eigenvalue weighted by atomic mass is 32.1. The molecule has 2 aromatic heterocycles. The zero-order chi connectivity index (χ0) is 13.4. The molecule has 5 nitrogen and oxygen atoms in total. The molecule has 100 valence electrons. The third kappa shape index (κ3) is 2.68. The topological polar surface area (TPSA) is 62.7 Å². The van der Waals surface area contributed by atoms with Gasteiger partial charge in [-0.2, -0.15) is 0 Å². The molecule has 1 aliphatic carbocycles. The van der Waals surface area contributed by atoms with E-state index in [2.05, 4.69) is 15.3 Å². The summed E-state index contributed by atoms with van der Waals surface area (Å²) >= 11 is 5.28. The van der Waals surface area contributed by atoms with E-state index in [9.17, 15) is 4.79 Å². The molecule has 2 heterocycles. The molecule has 0 bridgehead atoms. The lowest BCUT2D eigenvalue weighted by atomic mass is 10.3. The molecule has 6 heteroatoms. The number of nitrogens with zero attached hydrogens (tertiary/aromatic N) is 2. The summed E-state index contributed by atoms with van der Waals surface area (Å²) in [5.74, 6) is 0.0893. The van der Waals surface area contributed by atoms with Crippen LogP contribution in [-0.4, -0.2) is 26.5 Å². The summed E-state index contributed by atoms with van der Waals surface area (Å²) in [5, 5.41) is 2.98. The van der Waals surface area contributed by atoms with E-state index in [1.54, 1.807) is 0 Å². The van der Waals surface area contributed by atoms with E-state index in [0.29, 0.717) is 23.8 Å². The van der Waals surface area contributed by atoms with Gasteiger partial charge >= 0.3 is 0 Å². The number of H-pyrrole nitrogens is 1. The molecule has 19 heavy (non-hydrogen) atoms. The van der Waals surface area contributed by atoms with Crippen LogP contribution in [0.3, 0.4) is 0 Å². The van der Waals surface area contributed by atoms with Crippen molar-refractivity contribution in [3.8, 4) is 0 Å². The number of rotatable bonds is 4. The molecule has 3 rings (SSSR count). The average Bonchev–Trinajstić information content (AvgIpc) is 3.11. The lowest BCUT2D eigenvalue weighted by Crippen LogP contribution is -2.26. The van der Waals surface area contributed by atoms with E-state index in [0.717, 1.165) is 29.7 Å². The molecular formula is C13H16N4OS. The van der Waals surface area contributed by atoms with E-state index in [1.807, 2.05) is 23.6 Å². The number of aryl methyl sites for hydroxylation is 2. The second-order valence-electron chi connectivity index (χ2n) is 5.00. The Labute approximate surface area is 116 Å². The molecule has 2 N–H and O–H groups in total. The van der Waals surface area contributed by atoms with Crippen molar-refractivity contribution in [2.24, 2.45) is 0 Å². The molecule has 0 radical (unpaired) electrons. The van der Waals surface area contributed by atoms with Gasteiger partial charge in [0, 0.05) is 24.7 Å². The monoisotopic (exact) mass is 276 g/mol. The SMILES string of the molecule is Cc1ccc2[nH]c(=S)n(CCC(=O)NC3CC3)c2n1. The van der Waals surface area contributed by atoms with E-state index >= 15 is 0 Å². The van der Waals surface area contributed by atoms with Crippen LogP contribution in [0.15, 0.2) is 12.1 Å². The number of imidazole rings is 1. The molecule has 0 aromatic carbocycles. The summed E-state index contributed by atoms with van der Waals surface area (Å²) in [5.41, 5.74) is 2.68. The first-order chi connectivity index (χ1) is 9.13. The first-order valence-electron chi connectivity index (χ1n) is 6.49. The van der Waals surface area contributed by atoms with Crippen molar-refractivity contribution in [3.05, 3.63) is 22.6 Å². The van der Waals surface area contributed by atoms with Gasteiger partial charge in [0.2, 0.25) is 5.91 Å². The summed E-state index contributed by atoms with van der Waals surface area (Å²) in [6.07, 6.45) is 2.66. The Morgan fingerprint density at radius 2 is 2.37 bits per heavy atom. The van der Waals surface area contributed by atoms with E-state index in [4.69, 9.17) is 12.2 Å². The maximum atomic E-state index is 11.7. The van der Waals surface area contributed by atoms with Gasteiger partial charge in [0.1, 0.15) is 0 Å². The van der Waals surface area contributed by atoms with Gasteiger partial charge in [0.15, 0.2) is 10.4 Å². The average molecular weight is 276 g/mol. The van der Waals surface area contributed by atoms with Crippen LogP contribution in [-0.2, 0) is 11.3 Å². The van der Waals surface area contributed by atoms with Gasteiger partial charge in [-0.15, -0.1) is 0 Å². The third-order valence-electron chi connectivity index (χ3n) is 3.26. The highest BCUT2D eigenvalue weighted by Gasteiger charge is 2.23. The Morgan fingerprint density at radius 3 is 3.11 bits per heavy atom. The number of carbonyl (C=O) groups excluding carboxylic acids is 1. The highest BCUT2D eigenvalue weighted by Crippen LogP contribution is 2.19. The van der Waals surface area contributed by atoms with Gasteiger partial charge in [0.05, 0.1) is 5.52 Å². The third-order valence-corrected chi connectivity index (χ3v) is 3.58. The normalized spacial score (nSPS) is 14.8. The van der Waals surface area contributed by atoms with Crippen molar-refractivity contribution in [2.75, 3.05) is 0 Å². The minimum atomic E-state index is 0.0893. The largest absolute Gasteiger partial charge is 0.353 e. The number of amides is 1. The molecule has 1 saturated carbocycles. The van der Waals surface area contributed by atoms with E-state index in [1.165, 1.54) is 0 Å². The van der Waals surface area contributed by atoms with Gasteiger partial charge in [-0.3, -0.25) is 4.79 Å². The zero-order valence-electron chi connectivity index (χ0n) is 10.8. The Hall–Kier alpha value is -1.69. The van der Waals surface area contributed by atoms with E-state index in [-0.39, 0.29) is 5.91 Å². The second-order valence-corrected chi connectivity index (χ2v) is 5.38. The summed E-state index contributed by atoms with van der Waals surface area (Å²) in [4.78, 5) is 19.3. The van der Waals surface area contributed by atoms with Gasteiger partial charge in [-0.25, -0.2) is 4.98 Å². The molecule has 1 aliphatic rings. The minimum absolute atomic E-state index is 0.0893. The summed E-state index contributed by atoms with van der Waals surface area (Å²) in [6, 6.07) is 4.32. The van der Waals surface area contributed by atoms with Crippen LogP contribution in [0.2, 0.25) is 0 Å². The smallest absolute Gasteiger partial charge is 0.222 e. The lowest BCUT2D eigenvalue weighted by molar-refractivity contribution is -0.121. The first-order valence-corrected chi connectivity index (χ1v) is 6.90. The number of hydrogen-bond acceptors (Lipinski definition) is 3. The Balaban J connectivity index is 1.79. The summed E-state index contributed by atoms with van der Waals surface area (Å²) in [7, 11) is 0. The Morgan fingerprint density at radius 1 is 1.58 bits per heavy atom. The predicted molar refractivity (Wildman–Crippen MR) is 75.4 cm³/mol. The van der Waals surface area contributed by atoms with Gasteiger partial charge in [-0.05, 0) is 44.1 Å². The molecule has 0 spiro atoms. The maximum Gasteiger partial charge on any atom is 0.222 e. The molecule has 1 fully saturated rings. The number of carbonyl (C=O) groups is 1. The first kappa shape index (κ1) is 12.3. The highest BCUT2D eigenvalue weighted by molar-refractivity contribution is 7.71. The van der Waals surface area contributed by atoms with Crippen molar-refractivity contribution in [3.63, 3.8) is 0 Å². The number of pyridine rings is 1. The summed E-state index contributed by atoms with van der Waals surface area (Å²) < 4.78 is 2.51. The fourth-order valence-corrected chi connectivity index (χ4v) is 2.36. The molecule has 0 saturated heterocycles. The summed E-state index contributed by atoms with van der Waals surface area (Å²) in [6.45, 7) is 2.51. The number of hydrogen-bond donors (Lipinski definition) is 2. The fourth-order valence-electron chi connectivity index (χ4n) is 2.07. The number of fused-ring (bicyclic) bond motifs is 1. The van der Waals surface area contributed by atoms with Crippen molar-refractivity contribution in [1.82, 2.24) is 19.9 Å². The molecule has 0 atom stereocenters. The van der Waals surface area contributed by atoms with Crippen LogP contribution >= 0.6 is 12.2 Å². The van der Waals surface area contributed by atoms with Crippen molar-refractivity contribution >= 4 is 29.3 Å². The van der Waals surface area contributed by atoms with Crippen LogP contribution < -0.4 is 5.32 Å². The van der Waals surface area contributed by atoms with Crippen LogP contribution in [0, 0.1) is 11.7 Å². The van der Waals surface area contributed by atoms with Crippen LogP contribution in [0.5, 0.6) is 0 Å². The van der Waals surface area contributed by atoms with Crippen LogP contribution in [0.4, 0.5) is 0 Å². The molecule has 1 amide bonds. The van der Waals surface area contributed by atoms with E-state index < -0.39 is 0 Å². The minimum Gasteiger partial charge on any atom is -0.353 e. The van der Waals surface area contributed by atoms with Crippen LogP contribution in [0.25, 0.3) is 11.2 Å². The zero-order valence-corrected chi connectivity index (χ0v) is 11.6. The van der Waals surface area contributed by atoms with Gasteiger partial charge in [0.25, 0.3) is 0 Å². The number of aromatic amines is 1. The second kappa shape index (κ2) is 4.77. The predicted octanol–water partition coefficient (Wildman–Crippen LogP) is 2.07. The molecule has 0 unspecified atom stereocenters. The van der Waals surface area contributed by atoms with Crippen molar-refractivity contribution < 1.29 is 4.79 Å². The fraction of sp³-hybridized carbons (Fsp3) is 0.462. The Kier molecular flexibility index (Phi) is 3.10. The van der Waals surface area contributed by atoms with Gasteiger partial charge in [-0.1, -0.05) is 0 Å². The number of aromatic nitrogens is 3. The molecule has 2 aromatic rings. The van der Waals surface area contributed by atoms with Crippen LogP contribution in [0.1, 0.15) is 25.0 Å². The number of nitrogens with one attached hydrogen (secondary N) is 2. The Bertz CT molecular complexity index is 683.